The second-order valence-corrected chi connectivity index (χ2v) is 7.21. The fraction of sp³-hybridized carbons (Fsp3) is 0.0476. The van der Waals surface area contributed by atoms with Gasteiger partial charge >= 0.3 is 0 Å². The molecule has 0 saturated carbocycles. The van der Waals surface area contributed by atoms with Crippen molar-refractivity contribution in [2.75, 3.05) is 7.11 Å². The first-order chi connectivity index (χ1) is 12.6. The van der Waals surface area contributed by atoms with Gasteiger partial charge in [-0.3, -0.25) is 0 Å². The summed E-state index contributed by atoms with van der Waals surface area (Å²) < 4.78 is 12.6. The molecule has 0 atom stereocenters. The molecule has 0 spiro atoms. The van der Waals surface area contributed by atoms with Crippen LogP contribution in [-0.2, 0) is 0 Å². The van der Waals surface area contributed by atoms with E-state index < -0.39 is 0 Å². The van der Waals surface area contributed by atoms with Crippen LogP contribution in [0.15, 0.2) is 66.7 Å². The maximum Gasteiger partial charge on any atom is 0.153 e. The lowest BCUT2D eigenvalue weighted by molar-refractivity contribution is 0.415. The first-order valence-corrected chi connectivity index (χ1v) is 9.17. The Morgan fingerprint density at radius 2 is 1.58 bits per heavy atom. The highest BCUT2D eigenvalue weighted by Gasteiger charge is 2.17. The molecule has 0 aliphatic rings. The van der Waals surface area contributed by atoms with Crippen molar-refractivity contribution in [2.45, 2.75) is 0 Å². The zero-order valence-electron chi connectivity index (χ0n) is 13.9. The minimum atomic E-state index is 0.204. The lowest BCUT2D eigenvalue weighted by Crippen LogP contribution is -1.86. The highest BCUT2D eigenvalue weighted by atomic mass is 35.5. The van der Waals surface area contributed by atoms with E-state index in [2.05, 4.69) is 0 Å². The molecule has 0 aliphatic heterocycles. The number of aromatic hydroxyl groups is 1. The van der Waals surface area contributed by atoms with Crippen molar-refractivity contribution in [3.63, 3.8) is 0 Å². The minimum absolute atomic E-state index is 0.204. The molecule has 0 saturated heterocycles. The third-order valence-corrected chi connectivity index (χ3v) is 5.45. The van der Waals surface area contributed by atoms with Crippen molar-refractivity contribution in [3.8, 4) is 33.4 Å². The van der Waals surface area contributed by atoms with Gasteiger partial charge in [0.25, 0.3) is 0 Å². The van der Waals surface area contributed by atoms with Crippen molar-refractivity contribution >= 4 is 33.0 Å². The van der Waals surface area contributed by atoms with Crippen LogP contribution in [0.2, 0.25) is 5.02 Å². The van der Waals surface area contributed by atoms with Crippen LogP contribution >= 0.6 is 22.9 Å². The number of benzene rings is 3. The van der Waals surface area contributed by atoms with Crippen molar-refractivity contribution in [1.29, 1.82) is 0 Å². The Kier molecular flexibility index (Phi) is 4.45. The fourth-order valence-electron chi connectivity index (χ4n) is 2.70. The number of hydrogen-bond acceptors (Lipinski definition) is 4. The number of hydrogen-bond donors (Lipinski definition) is 1. The molecular weight excluding hydrogens is 368 g/mol. The van der Waals surface area contributed by atoms with Gasteiger partial charge in [-0.2, -0.15) is 0 Å². The van der Waals surface area contributed by atoms with Crippen LogP contribution in [0.25, 0.3) is 20.5 Å². The number of methoxy groups -OCH3 is 1. The SMILES string of the molecule is COc1ccc2c(Oc3ccc(O)cc3)c(-c3ccc(Cl)cc3)sc2c1. The maximum atomic E-state index is 9.49. The molecule has 3 aromatic carbocycles. The molecule has 26 heavy (non-hydrogen) atoms. The van der Waals surface area contributed by atoms with E-state index >= 15 is 0 Å². The van der Waals surface area contributed by atoms with Crippen molar-refractivity contribution in [1.82, 2.24) is 0 Å². The number of halogens is 1. The molecule has 0 amide bonds. The predicted molar refractivity (Wildman–Crippen MR) is 107 cm³/mol. The summed E-state index contributed by atoms with van der Waals surface area (Å²) in [6.45, 7) is 0. The molecule has 1 heterocycles. The number of rotatable bonds is 4. The molecule has 0 fully saturated rings. The van der Waals surface area contributed by atoms with E-state index in [1.54, 1.807) is 42.7 Å². The van der Waals surface area contributed by atoms with E-state index in [1.807, 2.05) is 42.5 Å². The van der Waals surface area contributed by atoms with Crippen LogP contribution in [0.3, 0.4) is 0 Å². The number of fused-ring (bicyclic) bond motifs is 1. The zero-order chi connectivity index (χ0) is 18.1. The summed E-state index contributed by atoms with van der Waals surface area (Å²) in [5.74, 6) is 2.45. The van der Waals surface area contributed by atoms with Crippen LogP contribution in [0.4, 0.5) is 0 Å². The average Bonchev–Trinajstić information content (AvgIpc) is 3.01. The third kappa shape index (κ3) is 3.21. The molecule has 0 aliphatic carbocycles. The van der Waals surface area contributed by atoms with Gasteiger partial charge in [0.2, 0.25) is 0 Å². The summed E-state index contributed by atoms with van der Waals surface area (Å²) in [5.41, 5.74) is 1.03. The van der Waals surface area contributed by atoms with Crippen LogP contribution in [-0.4, -0.2) is 12.2 Å². The van der Waals surface area contributed by atoms with Crippen LogP contribution < -0.4 is 9.47 Å². The Morgan fingerprint density at radius 3 is 2.27 bits per heavy atom. The van der Waals surface area contributed by atoms with Gasteiger partial charge in [-0.25, -0.2) is 0 Å². The van der Waals surface area contributed by atoms with Crippen LogP contribution in [0.1, 0.15) is 0 Å². The molecule has 3 nitrogen and oxygen atoms in total. The second kappa shape index (κ2) is 6.90. The number of phenolic OH excluding ortho intramolecular Hbond substituents is 1. The first kappa shape index (κ1) is 16.8. The van der Waals surface area contributed by atoms with Gasteiger partial charge < -0.3 is 14.6 Å². The Morgan fingerprint density at radius 1 is 0.885 bits per heavy atom. The molecule has 0 unspecified atom stereocenters. The van der Waals surface area contributed by atoms with Gasteiger partial charge in [0, 0.05) is 15.1 Å². The summed E-state index contributed by atoms with van der Waals surface area (Å²) in [6, 6.07) is 20.3. The molecular formula is C21H15ClO3S. The second-order valence-electron chi connectivity index (χ2n) is 5.73. The molecule has 1 N–H and O–H groups in total. The van der Waals surface area contributed by atoms with Crippen LogP contribution in [0.5, 0.6) is 23.0 Å². The lowest BCUT2D eigenvalue weighted by atomic mass is 10.1. The molecule has 130 valence electrons. The van der Waals surface area contributed by atoms with Crippen molar-refractivity contribution in [2.24, 2.45) is 0 Å². The topological polar surface area (TPSA) is 38.7 Å². The highest BCUT2D eigenvalue weighted by molar-refractivity contribution is 7.22. The van der Waals surface area contributed by atoms with Crippen LogP contribution in [0, 0.1) is 0 Å². The van der Waals surface area contributed by atoms with Crippen molar-refractivity contribution < 1.29 is 14.6 Å². The largest absolute Gasteiger partial charge is 0.508 e. The summed E-state index contributed by atoms with van der Waals surface area (Å²) in [6.07, 6.45) is 0. The number of ether oxygens (including phenoxy) is 2. The highest BCUT2D eigenvalue weighted by Crippen LogP contribution is 2.47. The molecule has 0 bridgehead atoms. The van der Waals surface area contributed by atoms with E-state index in [9.17, 15) is 5.11 Å². The summed E-state index contributed by atoms with van der Waals surface area (Å²) in [4.78, 5) is 1.01. The summed E-state index contributed by atoms with van der Waals surface area (Å²) in [5, 5.41) is 11.2. The minimum Gasteiger partial charge on any atom is -0.508 e. The molecule has 5 heteroatoms. The quantitative estimate of drug-likeness (QED) is 0.425. The normalized spacial score (nSPS) is 10.8. The molecule has 0 radical (unpaired) electrons. The number of thiophene rings is 1. The Balaban J connectivity index is 1.87. The van der Waals surface area contributed by atoms with Gasteiger partial charge in [0.1, 0.15) is 17.2 Å². The monoisotopic (exact) mass is 382 g/mol. The standard InChI is InChI=1S/C21H15ClO3S/c1-24-17-10-11-18-19(12-17)26-21(13-2-4-14(22)5-3-13)20(18)25-16-8-6-15(23)7-9-16/h2-12,23H,1H3. The maximum absolute atomic E-state index is 9.49. The van der Waals surface area contributed by atoms with E-state index in [0.29, 0.717) is 10.8 Å². The lowest BCUT2D eigenvalue weighted by Gasteiger charge is -2.08. The van der Waals surface area contributed by atoms with Gasteiger partial charge in [-0.15, -0.1) is 11.3 Å². The Hall–Kier alpha value is -2.69. The van der Waals surface area contributed by atoms with Crippen molar-refractivity contribution in [3.05, 3.63) is 71.8 Å². The van der Waals surface area contributed by atoms with E-state index in [4.69, 9.17) is 21.1 Å². The van der Waals surface area contributed by atoms with E-state index in [0.717, 1.165) is 32.0 Å². The summed E-state index contributed by atoms with van der Waals surface area (Å²) in [7, 11) is 1.66. The van der Waals surface area contributed by atoms with Gasteiger partial charge in [0.05, 0.1) is 12.0 Å². The molecule has 1 aromatic heterocycles. The van der Waals surface area contributed by atoms with Gasteiger partial charge in [-0.1, -0.05) is 23.7 Å². The third-order valence-electron chi connectivity index (χ3n) is 4.01. The molecule has 4 aromatic rings. The van der Waals surface area contributed by atoms with Gasteiger partial charge in [0.15, 0.2) is 5.75 Å². The van der Waals surface area contributed by atoms with Gasteiger partial charge in [-0.05, 0) is 60.2 Å². The summed E-state index contributed by atoms with van der Waals surface area (Å²) >= 11 is 7.67. The fourth-order valence-corrected chi connectivity index (χ4v) is 3.99. The van der Waals surface area contributed by atoms with E-state index in [-0.39, 0.29) is 5.75 Å². The van der Waals surface area contributed by atoms with E-state index in [1.165, 1.54) is 0 Å². The Bertz CT molecular complexity index is 1050. The molecule has 4 rings (SSSR count). The number of phenols is 1. The Labute approximate surface area is 160 Å². The first-order valence-electron chi connectivity index (χ1n) is 7.97. The average molecular weight is 383 g/mol. The zero-order valence-corrected chi connectivity index (χ0v) is 15.5. The smallest absolute Gasteiger partial charge is 0.153 e. The predicted octanol–water partition coefficient (Wildman–Crippen LogP) is 6.73.